The maximum Gasteiger partial charge on any atom is 0.308 e. The van der Waals surface area contributed by atoms with Crippen LogP contribution in [-0.4, -0.2) is 37.2 Å². The standard InChI is InChI=1S/C21H18N4O6/c1-11(26)29-14-8-16(30-12(2)27)18-17(9-14)31-20-13(4-3-5-15(20)19(18)28)10-24-25-21-22-6-7-23-21/h3-5,8-10H,6-7H2,1-2H3,(H2,22,23,25)/b24-10+. The van der Waals surface area contributed by atoms with Crippen LogP contribution in [0.5, 0.6) is 11.5 Å². The number of aliphatic imine (C=N–C) groups is 1. The first-order valence-electron chi connectivity index (χ1n) is 9.40. The van der Waals surface area contributed by atoms with Crippen molar-refractivity contribution >= 4 is 46.1 Å². The molecule has 2 aromatic carbocycles. The number of hydrogen-bond acceptors (Lipinski definition) is 10. The Balaban J connectivity index is 1.87. The number of para-hydroxylation sites is 1. The molecule has 158 valence electrons. The maximum atomic E-state index is 13.2. The van der Waals surface area contributed by atoms with Gasteiger partial charge in [-0.15, -0.1) is 0 Å². The molecular weight excluding hydrogens is 404 g/mol. The minimum absolute atomic E-state index is 0.0528. The Bertz CT molecular complexity index is 1320. The first kappa shape index (κ1) is 20.1. The molecule has 1 aliphatic rings. The number of nitrogens with zero attached hydrogens (tertiary/aromatic N) is 2. The Morgan fingerprint density at radius 2 is 2.03 bits per heavy atom. The minimum atomic E-state index is -0.629. The molecule has 0 amide bonds. The first-order chi connectivity index (χ1) is 14.9. The number of hydrogen-bond donors (Lipinski definition) is 2. The van der Waals surface area contributed by atoms with Crippen molar-refractivity contribution in [3.8, 4) is 11.5 Å². The van der Waals surface area contributed by atoms with Crippen molar-refractivity contribution in [3.63, 3.8) is 0 Å². The lowest BCUT2D eigenvalue weighted by Gasteiger charge is -2.10. The van der Waals surface area contributed by atoms with Crippen LogP contribution in [0.4, 0.5) is 0 Å². The molecule has 1 aliphatic heterocycles. The fraction of sp³-hybridized carbons (Fsp3) is 0.190. The predicted octanol–water partition coefficient (Wildman–Crippen LogP) is 1.68. The maximum absolute atomic E-state index is 13.2. The van der Waals surface area contributed by atoms with E-state index in [1.165, 1.54) is 32.2 Å². The van der Waals surface area contributed by atoms with Crippen molar-refractivity contribution in [2.45, 2.75) is 13.8 Å². The molecule has 0 saturated carbocycles. The van der Waals surface area contributed by atoms with Gasteiger partial charge < -0.3 is 19.2 Å². The number of benzene rings is 2. The van der Waals surface area contributed by atoms with Gasteiger partial charge in [-0.1, -0.05) is 6.07 Å². The second kappa shape index (κ2) is 8.27. The Labute approximate surface area is 175 Å². The number of carbonyl (C=O) groups excluding carboxylic acids is 2. The third kappa shape index (κ3) is 4.22. The summed E-state index contributed by atoms with van der Waals surface area (Å²) in [7, 11) is 0. The number of esters is 2. The van der Waals surface area contributed by atoms with Gasteiger partial charge in [0.1, 0.15) is 28.1 Å². The number of hydrazone groups is 1. The van der Waals surface area contributed by atoms with Gasteiger partial charge in [0, 0.05) is 38.1 Å². The fourth-order valence-corrected chi connectivity index (χ4v) is 3.16. The third-order valence-electron chi connectivity index (χ3n) is 4.33. The summed E-state index contributed by atoms with van der Waals surface area (Å²) < 4.78 is 16.3. The van der Waals surface area contributed by atoms with Crippen LogP contribution in [0, 0.1) is 0 Å². The summed E-state index contributed by atoms with van der Waals surface area (Å²) in [5, 5.41) is 7.50. The highest BCUT2D eigenvalue weighted by molar-refractivity contribution is 6.02. The molecule has 10 heteroatoms. The number of carbonyl (C=O) groups is 2. The summed E-state index contributed by atoms with van der Waals surface area (Å²) >= 11 is 0. The molecule has 31 heavy (non-hydrogen) atoms. The molecule has 0 fully saturated rings. The van der Waals surface area contributed by atoms with E-state index in [0.717, 1.165) is 6.54 Å². The summed E-state index contributed by atoms with van der Waals surface area (Å²) in [6.45, 7) is 3.85. The van der Waals surface area contributed by atoms with E-state index in [4.69, 9.17) is 13.9 Å². The third-order valence-corrected chi connectivity index (χ3v) is 4.33. The van der Waals surface area contributed by atoms with Gasteiger partial charge >= 0.3 is 11.9 Å². The first-order valence-corrected chi connectivity index (χ1v) is 9.40. The van der Waals surface area contributed by atoms with Crippen LogP contribution in [0.2, 0.25) is 0 Å². The molecule has 0 bridgehead atoms. The second-order valence-corrected chi connectivity index (χ2v) is 6.66. The van der Waals surface area contributed by atoms with E-state index < -0.39 is 17.4 Å². The highest BCUT2D eigenvalue weighted by Crippen LogP contribution is 2.32. The molecule has 4 rings (SSSR count). The Morgan fingerprint density at radius 3 is 2.74 bits per heavy atom. The topological polar surface area (TPSA) is 132 Å². The lowest BCUT2D eigenvalue weighted by molar-refractivity contribution is -0.132. The Morgan fingerprint density at radius 1 is 1.23 bits per heavy atom. The van der Waals surface area contributed by atoms with Gasteiger partial charge in [0.2, 0.25) is 11.4 Å². The highest BCUT2D eigenvalue weighted by atomic mass is 16.5. The van der Waals surface area contributed by atoms with Gasteiger partial charge in [0.15, 0.2) is 0 Å². The summed E-state index contributed by atoms with van der Waals surface area (Å²) in [4.78, 5) is 40.3. The number of nitrogens with one attached hydrogen (secondary N) is 2. The number of rotatable bonds is 4. The van der Waals surface area contributed by atoms with Crippen LogP contribution in [-0.2, 0) is 9.59 Å². The van der Waals surface area contributed by atoms with E-state index in [1.54, 1.807) is 18.2 Å². The van der Waals surface area contributed by atoms with E-state index in [-0.39, 0.29) is 33.4 Å². The van der Waals surface area contributed by atoms with Crippen molar-refractivity contribution in [1.82, 2.24) is 10.7 Å². The Kier molecular flexibility index (Phi) is 5.35. The number of guanidine groups is 1. The average Bonchev–Trinajstić information content (AvgIpc) is 3.21. The van der Waals surface area contributed by atoms with Gasteiger partial charge in [-0.3, -0.25) is 14.4 Å². The van der Waals surface area contributed by atoms with Crippen molar-refractivity contribution in [3.05, 3.63) is 46.1 Å². The van der Waals surface area contributed by atoms with E-state index in [9.17, 15) is 14.4 Å². The number of ether oxygens (including phenoxy) is 2. The Hall–Kier alpha value is -4.21. The predicted molar refractivity (Wildman–Crippen MR) is 114 cm³/mol. The van der Waals surface area contributed by atoms with Crippen molar-refractivity contribution in [1.29, 1.82) is 0 Å². The van der Waals surface area contributed by atoms with Gasteiger partial charge in [-0.25, -0.2) is 10.4 Å². The van der Waals surface area contributed by atoms with Crippen LogP contribution in [0.25, 0.3) is 21.9 Å². The van der Waals surface area contributed by atoms with Crippen molar-refractivity contribution in [2.75, 3.05) is 13.1 Å². The zero-order chi connectivity index (χ0) is 22.0. The molecular formula is C21H18N4O6. The summed E-state index contributed by atoms with van der Waals surface area (Å²) in [6.07, 6.45) is 1.50. The summed E-state index contributed by atoms with van der Waals surface area (Å²) in [5.74, 6) is -0.616. The fourth-order valence-electron chi connectivity index (χ4n) is 3.16. The average molecular weight is 422 g/mol. The quantitative estimate of drug-likeness (QED) is 0.213. The molecule has 2 N–H and O–H groups in total. The molecule has 2 heterocycles. The monoisotopic (exact) mass is 422 g/mol. The van der Waals surface area contributed by atoms with Crippen LogP contribution < -0.4 is 25.6 Å². The van der Waals surface area contributed by atoms with E-state index in [2.05, 4.69) is 20.8 Å². The molecule has 10 nitrogen and oxygen atoms in total. The summed E-state index contributed by atoms with van der Waals surface area (Å²) in [6, 6.07) is 7.73. The van der Waals surface area contributed by atoms with Crippen LogP contribution in [0.1, 0.15) is 19.4 Å². The van der Waals surface area contributed by atoms with Gasteiger partial charge in [0.25, 0.3) is 0 Å². The zero-order valence-electron chi connectivity index (χ0n) is 16.7. The normalized spacial score (nSPS) is 13.3. The molecule has 0 saturated heterocycles. The SMILES string of the molecule is CC(=O)Oc1cc(OC(C)=O)c2c(=O)c3cccc(/C=N/NC4=NCCN4)c3oc2c1. The molecule has 0 unspecified atom stereocenters. The molecule has 3 aromatic rings. The van der Waals surface area contributed by atoms with Gasteiger partial charge in [-0.05, 0) is 12.1 Å². The molecule has 1 aromatic heterocycles. The van der Waals surface area contributed by atoms with Crippen LogP contribution >= 0.6 is 0 Å². The molecule has 0 radical (unpaired) electrons. The smallest absolute Gasteiger partial charge is 0.308 e. The molecule has 0 atom stereocenters. The highest BCUT2D eigenvalue weighted by Gasteiger charge is 2.18. The van der Waals surface area contributed by atoms with E-state index in [1.807, 2.05) is 0 Å². The molecule has 0 spiro atoms. The largest absolute Gasteiger partial charge is 0.455 e. The van der Waals surface area contributed by atoms with E-state index >= 15 is 0 Å². The van der Waals surface area contributed by atoms with Gasteiger partial charge in [-0.2, -0.15) is 5.10 Å². The lowest BCUT2D eigenvalue weighted by atomic mass is 10.1. The van der Waals surface area contributed by atoms with Gasteiger partial charge in [0.05, 0.1) is 18.1 Å². The second-order valence-electron chi connectivity index (χ2n) is 6.66. The van der Waals surface area contributed by atoms with E-state index in [0.29, 0.717) is 18.1 Å². The molecule has 0 aliphatic carbocycles. The summed E-state index contributed by atoms with van der Waals surface area (Å²) in [5.41, 5.74) is 3.30. The van der Waals surface area contributed by atoms with Crippen molar-refractivity contribution < 1.29 is 23.5 Å². The number of fused-ring (bicyclic) bond motifs is 2. The lowest BCUT2D eigenvalue weighted by Crippen LogP contribution is -2.30. The van der Waals surface area contributed by atoms with Crippen LogP contribution in [0.15, 0.2) is 49.6 Å². The zero-order valence-corrected chi connectivity index (χ0v) is 16.7. The van der Waals surface area contributed by atoms with Crippen LogP contribution in [0.3, 0.4) is 0 Å². The van der Waals surface area contributed by atoms with Crippen molar-refractivity contribution in [2.24, 2.45) is 10.1 Å². The minimum Gasteiger partial charge on any atom is -0.455 e.